The smallest absolute Gasteiger partial charge is 0.317 e. The summed E-state index contributed by atoms with van der Waals surface area (Å²) in [5, 5.41) is 4.32. The lowest BCUT2D eigenvalue weighted by atomic mass is 9.72. The van der Waals surface area contributed by atoms with Crippen molar-refractivity contribution in [3.63, 3.8) is 0 Å². The fourth-order valence-electron chi connectivity index (χ4n) is 2.84. The predicted molar refractivity (Wildman–Crippen MR) is 99.3 cm³/mol. The van der Waals surface area contributed by atoms with E-state index in [0.717, 1.165) is 24.8 Å². The summed E-state index contributed by atoms with van der Waals surface area (Å²) < 4.78 is 24.2. The van der Waals surface area contributed by atoms with Crippen LogP contribution in [0.3, 0.4) is 0 Å². The molecular weight excluding hydrogens is 415 g/mol. The van der Waals surface area contributed by atoms with E-state index >= 15 is 0 Å². The summed E-state index contributed by atoms with van der Waals surface area (Å²) in [7, 11) is 0. The van der Waals surface area contributed by atoms with Crippen LogP contribution in [0.4, 0.5) is 14.7 Å². The van der Waals surface area contributed by atoms with E-state index < -0.39 is 23.8 Å². The van der Waals surface area contributed by atoms with Gasteiger partial charge in [-0.15, -0.1) is 0 Å². The van der Waals surface area contributed by atoms with Gasteiger partial charge in [-0.05, 0) is 37.0 Å². The molecule has 1 aliphatic carbocycles. The summed E-state index contributed by atoms with van der Waals surface area (Å²) in [5.74, 6) is -2.15. The maximum atomic E-state index is 12.1. The van der Waals surface area contributed by atoms with Gasteiger partial charge in [0.05, 0.1) is 11.1 Å². The van der Waals surface area contributed by atoms with Crippen LogP contribution in [-0.2, 0) is 10.3 Å². The van der Waals surface area contributed by atoms with Gasteiger partial charge in [-0.2, -0.15) is 8.78 Å². The van der Waals surface area contributed by atoms with Crippen molar-refractivity contribution in [3.05, 3.63) is 51.8 Å². The second-order valence-electron chi connectivity index (χ2n) is 6.22. The van der Waals surface area contributed by atoms with Crippen LogP contribution < -0.4 is 16.2 Å². The van der Waals surface area contributed by atoms with Crippen LogP contribution in [0.15, 0.2) is 30.6 Å². The first-order chi connectivity index (χ1) is 13.3. The molecule has 1 heterocycles. The first kappa shape index (κ1) is 20.2. The van der Waals surface area contributed by atoms with Gasteiger partial charge in [0.25, 0.3) is 5.91 Å². The summed E-state index contributed by atoms with van der Waals surface area (Å²) in [6, 6.07) is 5.28. The number of nitrogens with one attached hydrogen (secondary N) is 3. The van der Waals surface area contributed by atoms with Gasteiger partial charge < -0.3 is 5.32 Å². The third-order valence-electron chi connectivity index (χ3n) is 4.42. The first-order valence-electron chi connectivity index (χ1n) is 8.25. The zero-order valence-electron chi connectivity index (χ0n) is 14.3. The van der Waals surface area contributed by atoms with Crippen LogP contribution in [0.5, 0.6) is 0 Å². The quantitative estimate of drug-likeness (QED) is 0.633. The van der Waals surface area contributed by atoms with Crippen molar-refractivity contribution in [1.29, 1.82) is 0 Å². The van der Waals surface area contributed by atoms with Crippen molar-refractivity contribution in [2.75, 3.05) is 5.32 Å². The Labute approximate surface area is 168 Å². The number of hydrazine groups is 1. The number of benzene rings is 1. The highest BCUT2D eigenvalue weighted by atomic mass is 35.5. The van der Waals surface area contributed by atoms with Gasteiger partial charge in [0.2, 0.25) is 5.95 Å². The molecular formula is C17H15Cl2F2N5O2. The Morgan fingerprint density at radius 1 is 1.11 bits per heavy atom. The number of carbonyl (C=O) groups excluding carboxylic acids is 2. The minimum Gasteiger partial charge on any atom is -0.345 e. The molecule has 3 rings (SSSR count). The molecule has 1 aliphatic rings. The van der Waals surface area contributed by atoms with Crippen LogP contribution in [0.2, 0.25) is 10.0 Å². The minimum absolute atomic E-state index is 0.00713. The molecule has 2 amide bonds. The molecule has 28 heavy (non-hydrogen) atoms. The van der Waals surface area contributed by atoms with Gasteiger partial charge in [-0.3, -0.25) is 20.4 Å². The van der Waals surface area contributed by atoms with Crippen LogP contribution in [0.25, 0.3) is 0 Å². The molecule has 7 nitrogen and oxygen atoms in total. The third-order valence-corrected chi connectivity index (χ3v) is 4.96. The Morgan fingerprint density at radius 2 is 1.79 bits per heavy atom. The normalized spacial score (nSPS) is 14.9. The number of rotatable bonds is 5. The third kappa shape index (κ3) is 4.31. The van der Waals surface area contributed by atoms with Crippen molar-refractivity contribution < 1.29 is 18.4 Å². The van der Waals surface area contributed by atoms with E-state index in [4.69, 9.17) is 23.2 Å². The van der Waals surface area contributed by atoms with Crippen LogP contribution in [0.1, 0.15) is 35.2 Å². The van der Waals surface area contributed by atoms with Crippen molar-refractivity contribution >= 4 is 41.0 Å². The maximum absolute atomic E-state index is 12.1. The first-order valence-corrected chi connectivity index (χ1v) is 9.00. The van der Waals surface area contributed by atoms with Gasteiger partial charge >= 0.3 is 12.3 Å². The fraction of sp³-hybridized carbons (Fsp3) is 0.294. The highest BCUT2D eigenvalue weighted by Crippen LogP contribution is 2.46. The number of alkyl halides is 2. The summed E-state index contributed by atoms with van der Waals surface area (Å²) in [6.45, 7) is 0. The average molecular weight is 430 g/mol. The molecule has 0 radical (unpaired) electrons. The lowest BCUT2D eigenvalue weighted by Gasteiger charge is -2.43. The van der Waals surface area contributed by atoms with Gasteiger partial charge in [-0.1, -0.05) is 29.3 Å². The highest BCUT2D eigenvalue weighted by molar-refractivity contribution is 6.35. The van der Waals surface area contributed by atoms with Crippen molar-refractivity contribution in [1.82, 2.24) is 20.8 Å². The summed E-state index contributed by atoms with van der Waals surface area (Å²) in [5.41, 5.74) is 3.90. The van der Waals surface area contributed by atoms with Crippen LogP contribution >= 0.6 is 23.2 Å². The van der Waals surface area contributed by atoms with E-state index in [1.54, 1.807) is 17.6 Å². The number of hydrogen-bond donors (Lipinski definition) is 3. The van der Waals surface area contributed by atoms with Gasteiger partial charge in [-0.25, -0.2) is 9.97 Å². The molecule has 1 fully saturated rings. The standard InChI is InChI=1S/C17H15Cl2F2N5O2/c18-10-2-3-11(12(19)6-10)17(4-1-5-17)24-16-22-7-9(8-23-16)14(27)25-26-15(28)13(20)21/h2-3,6-8,13H,1,4-5H2,(H,25,27)(H,26,28)(H,22,23,24). The van der Waals surface area contributed by atoms with Gasteiger partial charge in [0.1, 0.15) is 0 Å². The molecule has 0 unspecified atom stereocenters. The molecule has 0 saturated heterocycles. The monoisotopic (exact) mass is 429 g/mol. The molecule has 0 aliphatic heterocycles. The zero-order chi connectivity index (χ0) is 20.3. The Kier molecular flexibility index (Phi) is 5.95. The van der Waals surface area contributed by atoms with E-state index in [9.17, 15) is 18.4 Å². The van der Waals surface area contributed by atoms with E-state index in [-0.39, 0.29) is 11.5 Å². The second-order valence-corrected chi connectivity index (χ2v) is 7.07. The predicted octanol–water partition coefficient (Wildman–Crippen LogP) is 3.30. The van der Waals surface area contributed by atoms with Crippen molar-refractivity contribution in [3.8, 4) is 0 Å². The van der Waals surface area contributed by atoms with Gasteiger partial charge in [0, 0.05) is 22.4 Å². The molecule has 3 N–H and O–H groups in total. The van der Waals surface area contributed by atoms with Crippen molar-refractivity contribution in [2.24, 2.45) is 0 Å². The minimum atomic E-state index is -3.23. The second kappa shape index (κ2) is 8.24. The van der Waals surface area contributed by atoms with Gasteiger partial charge in [0.15, 0.2) is 0 Å². The average Bonchev–Trinajstić information content (AvgIpc) is 2.63. The number of anilines is 1. The Bertz CT molecular complexity index is 892. The molecule has 1 saturated carbocycles. The SMILES string of the molecule is O=C(NNC(=O)C(F)F)c1cnc(NC2(c3ccc(Cl)cc3Cl)CCC2)nc1. The molecule has 1 aromatic heterocycles. The number of halogens is 4. The molecule has 148 valence electrons. The van der Waals surface area contributed by atoms with E-state index in [0.29, 0.717) is 10.0 Å². The Hall–Kier alpha value is -2.52. The maximum Gasteiger partial charge on any atom is 0.317 e. The number of hydrogen-bond acceptors (Lipinski definition) is 5. The topological polar surface area (TPSA) is 96.0 Å². The number of aromatic nitrogens is 2. The Balaban J connectivity index is 1.69. The van der Waals surface area contributed by atoms with Crippen molar-refractivity contribution in [2.45, 2.75) is 31.2 Å². The highest BCUT2D eigenvalue weighted by Gasteiger charge is 2.40. The molecule has 0 bridgehead atoms. The lowest BCUT2D eigenvalue weighted by molar-refractivity contribution is -0.132. The molecule has 11 heteroatoms. The van der Waals surface area contributed by atoms with E-state index in [1.165, 1.54) is 12.4 Å². The lowest BCUT2D eigenvalue weighted by Crippen LogP contribution is -2.44. The number of nitrogens with zero attached hydrogens (tertiary/aromatic N) is 2. The van der Waals surface area contributed by atoms with E-state index in [1.807, 2.05) is 11.5 Å². The molecule has 0 spiro atoms. The molecule has 1 aromatic carbocycles. The summed E-state index contributed by atoms with van der Waals surface area (Å²) in [6.07, 6.45) is 1.83. The molecule has 0 atom stereocenters. The molecule has 2 aromatic rings. The summed E-state index contributed by atoms with van der Waals surface area (Å²) in [4.78, 5) is 30.8. The van der Waals surface area contributed by atoms with Crippen LogP contribution in [0, 0.1) is 0 Å². The number of amides is 2. The Morgan fingerprint density at radius 3 is 2.32 bits per heavy atom. The van der Waals surface area contributed by atoms with Crippen LogP contribution in [-0.4, -0.2) is 28.2 Å². The van der Waals surface area contributed by atoms with E-state index in [2.05, 4.69) is 15.3 Å². The largest absolute Gasteiger partial charge is 0.345 e. The summed E-state index contributed by atoms with van der Waals surface area (Å²) >= 11 is 12.3. The fourth-order valence-corrected chi connectivity index (χ4v) is 3.43. The number of carbonyl (C=O) groups is 2. The zero-order valence-corrected chi connectivity index (χ0v) is 15.8.